The van der Waals surface area contributed by atoms with Crippen LogP contribution < -0.4 is 0 Å². The third-order valence-corrected chi connectivity index (χ3v) is 4.67. The molecule has 5 nitrogen and oxygen atoms in total. The van der Waals surface area contributed by atoms with Crippen LogP contribution in [0.2, 0.25) is 0 Å². The lowest BCUT2D eigenvalue weighted by molar-refractivity contribution is -0.121. The summed E-state index contributed by atoms with van der Waals surface area (Å²) < 4.78 is 13.4. The minimum atomic E-state index is -1.05. The van der Waals surface area contributed by atoms with Gasteiger partial charge in [0.25, 0.3) is 5.91 Å². The number of rotatable bonds is 5. The fraction of sp³-hybridized carbons (Fsp3) is 0.0500. The fourth-order valence-electron chi connectivity index (χ4n) is 2.45. The number of halogens is 1. The molecule has 0 aromatic heterocycles. The molecule has 136 valence electrons. The second-order valence-corrected chi connectivity index (χ2v) is 6.63. The van der Waals surface area contributed by atoms with Gasteiger partial charge in [-0.25, -0.2) is 14.2 Å². The number of benzene rings is 2. The monoisotopic (exact) mass is 382 g/mol. The van der Waals surface area contributed by atoms with E-state index in [9.17, 15) is 14.0 Å². The summed E-state index contributed by atoms with van der Waals surface area (Å²) in [6, 6.07) is 12.1. The standard InChI is InChI=1S/C20H15FN2O3S/c1-2-9-23-18(24)17(11-13-5-3-7-15(21)10-13)27-20(23)22-16-8-4-6-14(12-16)19(25)26/h2-8,10-12H,1,9H2,(H,25,26)/b17-11-,22-20?. The lowest BCUT2D eigenvalue weighted by Gasteiger charge is -2.12. The molecule has 1 aliphatic heterocycles. The first-order valence-corrected chi connectivity index (χ1v) is 8.79. The third-order valence-electron chi connectivity index (χ3n) is 3.66. The van der Waals surface area contributed by atoms with Crippen LogP contribution in [0.5, 0.6) is 0 Å². The third kappa shape index (κ3) is 4.32. The van der Waals surface area contributed by atoms with Crippen LogP contribution in [0.25, 0.3) is 6.08 Å². The molecule has 1 amide bonds. The van der Waals surface area contributed by atoms with Gasteiger partial charge in [0.05, 0.1) is 16.2 Å². The minimum absolute atomic E-state index is 0.108. The van der Waals surface area contributed by atoms with Crippen LogP contribution in [0, 0.1) is 5.82 Å². The van der Waals surface area contributed by atoms with E-state index in [0.29, 0.717) is 21.3 Å². The van der Waals surface area contributed by atoms with E-state index in [-0.39, 0.29) is 23.8 Å². The highest BCUT2D eigenvalue weighted by Crippen LogP contribution is 2.34. The van der Waals surface area contributed by atoms with E-state index < -0.39 is 5.97 Å². The SMILES string of the molecule is C=CCN1C(=O)/C(=C/c2cccc(F)c2)SC1=Nc1cccc(C(=O)O)c1. The molecule has 1 heterocycles. The number of hydrogen-bond acceptors (Lipinski definition) is 4. The van der Waals surface area contributed by atoms with E-state index in [0.717, 1.165) is 11.8 Å². The Morgan fingerprint density at radius 2 is 2.04 bits per heavy atom. The number of thioether (sulfide) groups is 1. The van der Waals surface area contributed by atoms with E-state index >= 15 is 0 Å². The van der Waals surface area contributed by atoms with Crippen LogP contribution in [0.3, 0.4) is 0 Å². The summed E-state index contributed by atoms with van der Waals surface area (Å²) >= 11 is 1.15. The molecule has 0 atom stereocenters. The van der Waals surface area contributed by atoms with Crippen LogP contribution in [0.1, 0.15) is 15.9 Å². The number of nitrogens with zero attached hydrogens (tertiary/aromatic N) is 2. The topological polar surface area (TPSA) is 70.0 Å². The Kier molecular flexibility index (Phi) is 5.52. The van der Waals surface area contributed by atoms with E-state index in [4.69, 9.17) is 5.11 Å². The number of carboxylic acids is 1. The summed E-state index contributed by atoms with van der Waals surface area (Å²) in [5, 5.41) is 9.51. The maximum absolute atomic E-state index is 13.4. The largest absolute Gasteiger partial charge is 0.478 e. The van der Waals surface area contributed by atoms with Crippen molar-refractivity contribution in [2.75, 3.05) is 6.54 Å². The van der Waals surface area contributed by atoms with Crippen molar-refractivity contribution >= 4 is 40.6 Å². The number of aromatic carboxylic acids is 1. The molecule has 0 bridgehead atoms. The normalized spacial score (nSPS) is 16.9. The van der Waals surface area contributed by atoms with Crippen molar-refractivity contribution in [1.29, 1.82) is 0 Å². The Hall–Kier alpha value is -3.19. The van der Waals surface area contributed by atoms with Crippen molar-refractivity contribution in [2.45, 2.75) is 0 Å². The summed E-state index contributed by atoms with van der Waals surface area (Å²) in [7, 11) is 0. The van der Waals surface area contributed by atoms with Crippen molar-refractivity contribution < 1.29 is 19.1 Å². The number of amidine groups is 1. The van der Waals surface area contributed by atoms with Gasteiger partial charge in [-0.15, -0.1) is 6.58 Å². The van der Waals surface area contributed by atoms with Gasteiger partial charge in [-0.1, -0.05) is 24.3 Å². The van der Waals surface area contributed by atoms with Crippen molar-refractivity contribution in [1.82, 2.24) is 4.90 Å². The number of aliphatic imine (C=N–C) groups is 1. The molecular weight excluding hydrogens is 367 g/mol. The van der Waals surface area contributed by atoms with Gasteiger partial charge in [-0.3, -0.25) is 9.69 Å². The zero-order valence-electron chi connectivity index (χ0n) is 14.1. The Morgan fingerprint density at radius 1 is 1.26 bits per heavy atom. The number of hydrogen-bond donors (Lipinski definition) is 1. The second-order valence-electron chi connectivity index (χ2n) is 5.62. The highest BCUT2D eigenvalue weighted by molar-refractivity contribution is 8.18. The van der Waals surface area contributed by atoms with Gasteiger partial charge in [0.2, 0.25) is 0 Å². The fourth-order valence-corrected chi connectivity index (χ4v) is 3.46. The number of amides is 1. The first-order chi connectivity index (χ1) is 13.0. The molecule has 0 unspecified atom stereocenters. The van der Waals surface area contributed by atoms with Crippen molar-refractivity contribution in [3.05, 3.63) is 83.0 Å². The Morgan fingerprint density at radius 3 is 2.74 bits per heavy atom. The van der Waals surface area contributed by atoms with E-state index in [2.05, 4.69) is 11.6 Å². The van der Waals surface area contributed by atoms with E-state index in [1.165, 1.54) is 29.2 Å². The number of carbonyl (C=O) groups is 2. The van der Waals surface area contributed by atoms with Crippen LogP contribution in [0.4, 0.5) is 10.1 Å². The molecule has 0 aliphatic carbocycles. The molecule has 0 spiro atoms. The van der Waals surface area contributed by atoms with Gasteiger partial charge in [-0.2, -0.15) is 0 Å². The molecule has 2 aromatic carbocycles. The zero-order valence-corrected chi connectivity index (χ0v) is 14.9. The summed E-state index contributed by atoms with van der Waals surface area (Å²) in [5.74, 6) is -1.71. The lowest BCUT2D eigenvalue weighted by atomic mass is 10.2. The van der Waals surface area contributed by atoms with Gasteiger partial charge in [0, 0.05) is 6.54 Å². The Labute approximate surface area is 159 Å². The summed E-state index contributed by atoms with van der Waals surface area (Å²) in [6.45, 7) is 3.91. The maximum atomic E-state index is 13.4. The van der Waals surface area contributed by atoms with Gasteiger partial charge in [-0.05, 0) is 53.7 Å². The van der Waals surface area contributed by atoms with Gasteiger partial charge >= 0.3 is 5.97 Å². The Bertz CT molecular complexity index is 985. The highest BCUT2D eigenvalue weighted by Gasteiger charge is 2.32. The van der Waals surface area contributed by atoms with Gasteiger partial charge in [0.15, 0.2) is 5.17 Å². The number of carboxylic acid groups (broad SMARTS) is 1. The van der Waals surface area contributed by atoms with Crippen LogP contribution in [0.15, 0.2) is 71.1 Å². The van der Waals surface area contributed by atoms with E-state index in [1.54, 1.807) is 36.4 Å². The summed E-state index contributed by atoms with van der Waals surface area (Å²) in [4.78, 5) is 30.1. The molecular formula is C20H15FN2O3S. The first kappa shape index (κ1) is 18.6. The second kappa shape index (κ2) is 8.01. The molecule has 0 radical (unpaired) electrons. The molecule has 1 saturated heterocycles. The average Bonchev–Trinajstić information content (AvgIpc) is 2.91. The van der Waals surface area contributed by atoms with Crippen LogP contribution >= 0.6 is 11.8 Å². The van der Waals surface area contributed by atoms with Gasteiger partial charge in [0.1, 0.15) is 5.82 Å². The maximum Gasteiger partial charge on any atom is 0.335 e. The first-order valence-electron chi connectivity index (χ1n) is 7.98. The van der Waals surface area contributed by atoms with Crippen molar-refractivity contribution in [3.63, 3.8) is 0 Å². The predicted octanol–water partition coefficient (Wildman–Crippen LogP) is 4.31. The molecule has 1 N–H and O–H groups in total. The van der Waals surface area contributed by atoms with Crippen molar-refractivity contribution in [2.24, 2.45) is 4.99 Å². The van der Waals surface area contributed by atoms with E-state index in [1.807, 2.05) is 0 Å². The summed E-state index contributed by atoms with van der Waals surface area (Å²) in [5.41, 5.74) is 1.10. The summed E-state index contributed by atoms with van der Waals surface area (Å²) in [6.07, 6.45) is 3.18. The molecule has 0 saturated carbocycles. The molecule has 7 heteroatoms. The molecule has 1 fully saturated rings. The molecule has 3 rings (SSSR count). The average molecular weight is 382 g/mol. The Balaban J connectivity index is 1.97. The van der Waals surface area contributed by atoms with Crippen LogP contribution in [-0.4, -0.2) is 33.6 Å². The highest BCUT2D eigenvalue weighted by atomic mass is 32.2. The molecule has 2 aromatic rings. The molecule has 27 heavy (non-hydrogen) atoms. The molecule has 1 aliphatic rings. The smallest absolute Gasteiger partial charge is 0.335 e. The lowest BCUT2D eigenvalue weighted by Crippen LogP contribution is -2.29. The quantitative estimate of drug-likeness (QED) is 0.618. The van der Waals surface area contributed by atoms with Crippen LogP contribution in [-0.2, 0) is 4.79 Å². The number of carbonyl (C=O) groups excluding carboxylic acids is 1. The zero-order chi connectivity index (χ0) is 19.4. The predicted molar refractivity (Wildman–Crippen MR) is 104 cm³/mol. The van der Waals surface area contributed by atoms with Gasteiger partial charge < -0.3 is 5.11 Å². The van der Waals surface area contributed by atoms with Crippen molar-refractivity contribution in [3.8, 4) is 0 Å². The minimum Gasteiger partial charge on any atom is -0.478 e.